The zero-order valence-electron chi connectivity index (χ0n) is 18.3. The minimum atomic E-state index is -4.78. The molecule has 0 bridgehead atoms. The highest BCUT2D eigenvalue weighted by atomic mass is 32.1. The van der Waals surface area contributed by atoms with Gasteiger partial charge in [0.1, 0.15) is 0 Å². The van der Waals surface area contributed by atoms with E-state index in [-0.39, 0.29) is 35.4 Å². The fourth-order valence-electron chi connectivity index (χ4n) is 4.51. The van der Waals surface area contributed by atoms with Crippen LogP contribution < -0.4 is 10.5 Å². The molecule has 0 spiro atoms. The number of halogens is 3. The molecule has 2 fully saturated rings. The van der Waals surface area contributed by atoms with E-state index < -0.39 is 23.6 Å². The molecular formula is C23H23F3N4O3S. The van der Waals surface area contributed by atoms with Gasteiger partial charge in [0, 0.05) is 32.2 Å². The Bertz CT molecular complexity index is 1250. The largest absolute Gasteiger partial charge is 0.449 e. The standard InChI is InChI=1S/C23H23F3N4O3S/c24-23(25,26)21-28-19-18(20(32)30(21)15-9-12-33-13-10-15)27-22(34-19)29-11-8-16(29)17(31)7-6-14-4-2-1-3-5-14/h1-5,15-16H,6-13H2/t16-/m1/s1. The maximum Gasteiger partial charge on any atom is 0.449 e. The molecule has 11 heteroatoms. The summed E-state index contributed by atoms with van der Waals surface area (Å²) in [6.07, 6.45) is -2.53. The minimum absolute atomic E-state index is 0.0536. The molecule has 3 aromatic rings. The third kappa shape index (κ3) is 4.34. The molecule has 0 saturated carbocycles. The molecule has 2 saturated heterocycles. The number of ketones is 1. The van der Waals surface area contributed by atoms with Crippen LogP contribution in [0.4, 0.5) is 18.3 Å². The van der Waals surface area contributed by atoms with Crippen LogP contribution in [0.25, 0.3) is 10.3 Å². The lowest BCUT2D eigenvalue weighted by Gasteiger charge is -2.39. The van der Waals surface area contributed by atoms with Gasteiger partial charge in [-0.05, 0) is 31.2 Å². The quantitative estimate of drug-likeness (QED) is 0.518. The van der Waals surface area contributed by atoms with Gasteiger partial charge in [0.25, 0.3) is 5.56 Å². The Hall–Kier alpha value is -2.79. The van der Waals surface area contributed by atoms with E-state index in [1.165, 1.54) is 0 Å². The summed E-state index contributed by atoms with van der Waals surface area (Å²) in [5, 5.41) is 0.363. The van der Waals surface area contributed by atoms with E-state index in [9.17, 15) is 22.8 Å². The number of rotatable bonds is 6. The first kappa shape index (κ1) is 23.0. The van der Waals surface area contributed by atoms with Gasteiger partial charge < -0.3 is 9.64 Å². The summed E-state index contributed by atoms with van der Waals surface area (Å²) in [6.45, 7) is 1.13. The average molecular weight is 493 g/mol. The predicted octanol–water partition coefficient (Wildman–Crippen LogP) is 4.00. The number of thiazole rings is 1. The number of alkyl halides is 3. The van der Waals surface area contributed by atoms with Crippen LogP contribution in [0.2, 0.25) is 0 Å². The summed E-state index contributed by atoms with van der Waals surface area (Å²) in [6, 6.07) is 8.66. The number of carbonyl (C=O) groups is 1. The van der Waals surface area contributed by atoms with E-state index in [0.717, 1.165) is 21.5 Å². The highest BCUT2D eigenvalue weighted by Crippen LogP contribution is 2.36. The lowest BCUT2D eigenvalue weighted by Crippen LogP contribution is -2.52. The zero-order valence-corrected chi connectivity index (χ0v) is 19.1. The second-order valence-corrected chi connectivity index (χ2v) is 9.51. The van der Waals surface area contributed by atoms with Gasteiger partial charge in [-0.15, -0.1) is 0 Å². The van der Waals surface area contributed by atoms with Crippen molar-refractivity contribution >= 4 is 32.6 Å². The molecule has 2 aliphatic heterocycles. The number of nitrogens with zero attached hydrogens (tertiary/aromatic N) is 4. The van der Waals surface area contributed by atoms with E-state index in [0.29, 0.717) is 43.8 Å². The number of hydrogen-bond donors (Lipinski definition) is 0. The highest BCUT2D eigenvalue weighted by molar-refractivity contribution is 7.21. The van der Waals surface area contributed by atoms with Crippen LogP contribution in [0.3, 0.4) is 0 Å². The number of hydrogen-bond acceptors (Lipinski definition) is 7. The lowest BCUT2D eigenvalue weighted by molar-refractivity contribution is -0.149. The Kier molecular flexibility index (Phi) is 6.15. The first-order valence-electron chi connectivity index (χ1n) is 11.2. The summed E-state index contributed by atoms with van der Waals surface area (Å²) < 4.78 is 47.5. The summed E-state index contributed by atoms with van der Waals surface area (Å²) in [5.41, 5.74) is 0.195. The third-order valence-corrected chi connectivity index (χ3v) is 7.39. The van der Waals surface area contributed by atoms with Gasteiger partial charge in [0.2, 0.25) is 5.82 Å². The fourth-order valence-corrected chi connectivity index (χ4v) is 5.52. The van der Waals surface area contributed by atoms with Crippen molar-refractivity contribution in [1.29, 1.82) is 0 Å². The molecule has 1 atom stereocenters. The van der Waals surface area contributed by atoms with E-state index in [4.69, 9.17) is 4.74 Å². The number of carbonyl (C=O) groups excluding carboxylic acids is 1. The maximum atomic E-state index is 13.8. The first-order valence-corrected chi connectivity index (χ1v) is 12.1. The number of aromatic nitrogens is 3. The van der Waals surface area contributed by atoms with Gasteiger partial charge in [-0.3, -0.25) is 14.2 Å². The van der Waals surface area contributed by atoms with E-state index >= 15 is 0 Å². The normalized spacial score (nSPS) is 19.4. The third-order valence-electron chi connectivity index (χ3n) is 6.40. The van der Waals surface area contributed by atoms with E-state index in [1.807, 2.05) is 30.3 Å². The van der Waals surface area contributed by atoms with Gasteiger partial charge in [0.05, 0.1) is 6.04 Å². The van der Waals surface area contributed by atoms with Crippen LogP contribution in [-0.2, 0) is 22.1 Å². The fraction of sp³-hybridized carbons (Fsp3) is 0.478. The van der Waals surface area contributed by atoms with Crippen molar-refractivity contribution in [3.05, 3.63) is 52.1 Å². The van der Waals surface area contributed by atoms with Crippen molar-refractivity contribution in [2.24, 2.45) is 0 Å². The SMILES string of the molecule is O=C(CCc1ccccc1)[C@H]1CCN1c1nc2c(=O)n(C3CCOCC3)c(C(F)(F)F)nc2s1. The molecule has 0 radical (unpaired) electrons. The van der Waals surface area contributed by atoms with Crippen molar-refractivity contribution in [1.82, 2.24) is 14.5 Å². The van der Waals surface area contributed by atoms with Gasteiger partial charge in [0.15, 0.2) is 21.3 Å². The molecule has 34 heavy (non-hydrogen) atoms. The summed E-state index contributed by atoms with van der Waals surface area (Å²) in [5.74, 6) is -1.15. The van der Waals surface area contributed by atoms with Crippen molar-refractivity contribution in [3.63, 3.8) is 0 Å². The van der Waals surface area contributed by atoms with Crippen LogP contribution in [0.1, 0.15) is 43.1 Å². The lowest BCUT2D eigenvalue weighted by atomic mass is 9.95. The Morgan fingerprint density at radius 1 is 1.12 bits per heavy atom. The van der Waals surface area contributed by atoms with Crippen molar-refractivity contribution < 1.29 is 22.7 Å². The second kappa shape index (κ2) is 9.10. The number of aryl methyl sites for hydroxylation is 1. The Balaban J connectivity index is 1.43. The van der Waals surface area contributed by atoms with Crippen LogP contribution in [-0.4, -0.2) is 46.1 Å². The number of fused-ring (bicyclic) bond motifs is 1. The molecule has 0 amide bonds. The number of ether oxygens (including phenoxy) is 1. The second-order valence-electron chi connectivity index (χ2n) is 8.55. The molecule has 1 aromatic carbocycles. The first-order chi connectivity index (χ1) is 16.3. The summed E-state index contributed by atoms with van der Waals surface area (Å²) >= 11 is 0.930. The number of Topliss-reactive ketones (excluding diaryl/α,β-unsaturated/α-hetero) is 1. The molecule has 2 aromatic heterocycles. The van der Waals surface area contributed by atoms with Crippen LogP contribution in [0.15, 0.2) is 35.1 Å². The molecule has 5 rings (SSSR count). The number of anilines is 1. The molecule has 0 aliphatic carbocycles. The van der Waals surface area contributed by atoms with E-state index in [2.05, 4.69) is 9.97 Å². The minimum Gasteiger partial charge on any atom is -0.381 e. The predicted molar refractivity (Wildman–Crippen MR) is 121 cm³/mol. The molecule has 2 aliphatic rings. The molecule has 0 N–H and O–H groups in total. The Labute approximate surface area is 197 Å². The topological polar surface area (TPSA) is 77.3 Å². The number of benzene rings is 1. The summed E-state index contributed by atoms with van der Waals surface area (Å²) in [4.78, 5) is 35.9. The van der Waals surface area contributed by atoms with E-state index in [1.54, 1.807) is 4.90 Å². The van der Waals surface area contributed by atoms with Gasteiger partial charge in [-0.25, -0.2) is 9.97 Å². The van der Waals surface area contributed by atoms with Crippen molar-refractivity contribution in [2.75, 3.05) is 24.7 Å². The van der Waals surface area contributed by atoms with Gasteiger partial charge in [-0.2, -0.15) is 13.2 Å². The Morgan fingerprint density at radius 2 is 1.85 bits per heavy atom. The van der Waals surface area contributed by atoms with Crippen LogP contribution in [0, 0.1) is 0 Å². The monoisotopic (exact) mass is 492 g/mol. The molecule has 180 valence electrons. The Morgan fingerprint density at radius 3 is 2.50 bits per heavy atom. The molecular weight excluding hydrogens is 469 g/mol. The van der Waals surface area contributed by atoms with Crippen molar-refractivity contribution in [3.8, 4) is 0 Å². The molecule has 7 nitrogen and oxygen atoms in total. The highest BCUT2D eigenvalue weighted by Gasteiger charge is 2.41. The van der Waals surface area contributed by atoms with Crippen LogP contribution in [0.5, 0.6) is 0 Å². The smallest absolute Gasteiger partial charge is 0.381 e. The average Bonchev–Trinajstić information content (AvgIpc) is 3.21. The molecule has 4 heterocycles. The van der Waals surface area contributed by atoms with Crippen LogP contribution >= 0.6 is 11.3 Å². The van der Waals surface area contributed by atoms with Gasteiger partial charge in [-0.1, -0.05) is 41.7 Å². The van der Waals surface area contributed by atoms with Gasteiger partial charge >= 0.3 is 6.18 Å². The summed E-state index contributed by atoms with van der Waals surface area (Å²) in [7, 11) is 0. The molecule has 0 unspecified atom stereocenters. The maximum absolute atomic E-state index is 13.8. The zero-order chi connectivity index (χ0) is 23.9. The van der Waals surface area contributed by atoms with Crippen molar-refractivity contribution in [2.45, 2.75) is 50.4 Å².